The Hall–Kier alpha value is -2.24. The Kier molecular flexibility index (Phi) is 6.81. The Morgan fingerprint density at radius 2 is 1.93 bits per heavy atom. The molecule has 1 fully saturated rings. The number of carbonyl (C=O) groups is 2. The van der Waals surface area contributed by atoms with E-state index in [1.54, 1.807) is 17.0 Å². The zero-order valence-electron chi connectivity index (χ0n) is 15.6. The summed E-state index contributed by atoms with van der Waals surface area (Å²) >= 11 is 12.1. The second-order valence-electron chi connectivity index (χ2n) is 6.73. The molecule has 2 amide bonds. The molecule has 1 aliphatic rings. The van der Waals surface area contributed by atoms with E-state index in [9.17, 15) is 9.59 Å². The number of benzene rings is 2. The summed E-state index contributed by atoms with van der Waals surface area (Å²) in [5.74, 6) is 0.297. The van der Waals surface area contributed by atoms with Crippen molar-refractivity contribution in [2.45, 2.75) is 25.8 Å². The maximum absolute atomic E-state index is 12.9. The van der Waals surface area contributed by atoms with Gasteiger partial charge in [0.05, 0.1) is 17.1 Å². The highest BCUT2D eigenvalue weighted by molar-refractivity contribution is 6.35. The van der Waals surface area contributed by atoms with Crippen LogP contribution in [0.5, 0.6) is 5.75 Å². The number of nitrogens with one attached hydrogen (secondary N) is 1. The van der Waals surface area contributed by atoms with Gasteiger partial charge in [-0.15, -0.1) is 0 Å². The lowest BCUT2D eigenvalue weighted by Gasteiger charge is -2.24. The number of aryl methyl sites for hydroxylation is 1. The van der Waals surface area contributed by atoms with Crippen LogP contribution < -0.4 is 10.1 Å². The van der Waals surface area contributed by atoms with E-state index >= 15 is 0 Å². The molecule has 0 saturated carbocycles. The molecule has 1 saturated heterocycles. The van der Waals surface area contributed by atoms with Crippen LogP contribution in [-0.2, 0) is 4.79 Å². The number of hydrogen-bond acceptors (Lipinski definition) is 3. The predicted molar refractivity (Wildman–Crippen MR) is 110 cm³/mol. The molecule has 148 valence electrons. The lowest BCUT2D eigenvalue weighted by molar-refractivity contribution is -0.124. The fraction of sp³-hybridized carbons (Fsp3) is 0.333. The first-order chi connectivity index (χ1) is 13.5. The summed E-state index contributed by atoms with van der Waals surface area (Å²) in [4.78, 5) is 27.0. The van der Waals surface area contributed by atoms with Gasteiger partial charge in [0.2, 0.25) is 5.91 Å². The molecule has 1 unspecified atom stereocenters. The Labute approximate surface area is 174 Å². The Morgan fingerprint density at radius 1 is 1.18 bits per heavy atom. The van der Waals surface area contributed by atoms with Crippen LogP contribution in [0.25, 0.3) is 0 Å². The number of halogens is 2. The van der Waals surface area contributed by atoms with Crippen molar-refractivity contribution in [3.63, 3.8) is 0 Å². The van der Waals surface area contributed by atoms with Crippen molar-refractivity contribution in [3.05, 3.63) is 63.6 Å². The van der Waals surface area contributed by atoms with Crippen molar-refractivity contribution >= 4 is 35.0 Å². The molecular formula is C21H22Cl2N2O3. The first-order valence-corrected chi connectivity index (χ1v) is 9.94. The summed E-state index contributed by atoms with van der Waals surface area (Å²) in [6, 6.07) is 12.0. The highest BCUT2D eigenvalue weighted by Crippen LogP contribution is 2.26. The fourth-order valence-electron chi connectivity index (χ4n) is 3.19. The summed E-state index contributed by atoms with van der Waals surface area (Å²) in [6.45, 7) is 3.24. The van der Waals surface area contributed by atoms with E-state index in [0.717, 1.165) is 17.7 Å². The van der Waals surface area contributed by atoms with Crippen LogP contribution in [0, 0.1) is 6.92 Å². The molecule has 0 spiro atoms. The first-order valence-electron chi connectivity index (χ1n) is 9.19. The van der Waals surface area contributed by atoms with Gasteiger partial charge in [-0.1, -0.05) is 40.9 Å². The monoisotopic (exact) mass is 420 g/mol. The van der Waals surface area contributed by atoms with Crippen LogP contribution in [-0.4, -0.2) is 42.5 Å². The summed E-state index contributed by atoms with van der Waals surface area (Å²) < 4.78 is 5.62. The second-order valence-corrected chi connectivity index (χ2v) is 7.58. The van der Waals surface area contributed by atoms with Crippen LogP contribution in [0.4, 0.5) is 0 Å². The van der Waals surface area contributed by atoms with Crippen molar-refractivity contribution in [3.8, 4) is 5.75 Å². The Bertz CT molecular complexity index is 855. The summed E-state index contributed by atoms with van der Waals surface area (Å²) in [5.41, 5.74) is 1.48. The van der Waals surface area contributed by atoms with Crippen LogP contribution >= 0.6 is 23.2 Å². The average Bonchev–Trinajstić information content (AvgIpc) is 3.18. The molecule has 1 aliphatic heterocycles. The molecule has 0 radical (unpaired) electrons. The van der Waals surface area contributed by atoms with Gasteiger partial charge in [0.25, 0.3) is 5.91 Å². The van der Waals surface area contributed by atoms with E-state index in [0.29, 0.717) is 41.7 Å². The standard InChI is InChI=1S/C21H22Cl2N2O3/c1-14-4-7-16(8-5-14)28-12-10-24-20(26)19-3-2-11-25(19)21(27)17-13-15(22)6-9-18(17)23/h4-9,13,19H,2-3,10-12H2,1H3,(H,24,26). The molecule has 28 heavy (non-hydrogen) atoms. The molecule has 1 N–H and O–H groups in total. The highest BCUT2D eigenvalue weighted by atomic mass is 35.5. The number of nitrogens with zero attached hydrogens (tertiary/aromatic N) is 1. The molecular weight excluding hydrogens is 399 g/mol. The van der Waals surface area contributed by atoms with Crippen LogP contribution in [0.1, 0.15) is 28.8 Å². The van der Waals surface area contributed by atoms with E-state index < -0.39 is 6.04 Å². The van der Waals surface area contributed by atoms with E-state index in [2.05, 4.69) is 5.32 Å². The lowest BCUT2D eigenvalue weighted by Crippen LogP contribution is -2.46. The smallest absolute Gasteiger partial charge is 0.256 e. The second kappa shape index (κ2) is 9.30. The molecule has 2 aromatic rings. The number of carbonyl (C=O) groups excluding carboxylic acids is 2. The minimum atomic E-state index is -0.512. The third-order valence-corrected chi connectivity index (χ3v) is 5.23. The van der Waals surface area contributed by atoms with Gasteiger partial charge in [0.15, 0.2) is 0 Å². The molecule has 1 atom stereocenters. The van der Waals surface area contributed by atoms with Crippen LogP contribution in [0.3, 0.4) is 0 Å². The molecule has 2 aromatic carbocycles. The minimum Gasteiger partial charge on any atom is -0.492 e. The maximum atomic E-state index is 12.9. The SMILES string of the molecule is Cc1ccc(OCCNC(=O)C2CCCN2C(=O)c2cc(Cl)ccc2Cl)cc1. The van der Waals surface area contributed by atoms with E-state index in [-0.39, 0.29) is 11.8 Å². The van der Waals surface area contributed by atoms with Gasteiger partial charge in [-0.05, 0) is 50.1 Å². The Morgan fingerprint density at radius 3 is 2.68 bits per heavy atom. The number of hydrogen-bond donors (Lipinski definition) is 1. The molecule has 0 bridgehead atoms. The third kappa shape index (κ3) is 4.97. The molecule has 1 heterocycles. The normalized spacial score (nSPS) is 16.1. The number of amides is 2. The number of ether oxygens (including phenoxy) is 1. The topological polar surface area (TPSA) is 58.6 Å². The first kappa shape index (κ1) is 20.5. The fourth-order valence-corrected chi connectivity index (χ4v) is 3.56. The van der Waals surface area contributed by atoms with E-state index in [4.69, 9.17) is 27.9 Å². The van der Waals surface area contributed by atoms with Crippen molar-refractivity contribution in [2.24, 2.45) is 0 Å². The number of likely N-dealkylation sites (tertiary alicyclic amines) is 1. The summed E-state index contributed by atoms with van der Waals surface area (Å²) in [5, 5.41) is 3.61. The molecule has 0 aromatic heterocycles. The van der Waals surface area contributed by atoms with Crippen molar-refractivity contribution in [1.82, 2.24) is 10.2 Å². The van der Waals surface area contributed by atoms with Gasteiger partial charge in [0.1, 0.15) is 18.4 Å². The summed E-state index contributed by atoms with van der Waals surface area (Å²) in [6.07, 6.45) is 1.39. The van der Waals surface area contributed by atoms with Gasteiger partial charge in [-0.3, -0.25) is 9.59 Å². The van der Waals surface area contributed by atoms with Crippen molar-refractivity contribution < 1.29 is 14.3 Å². The maximum Gasteiger partial charge on any atom is 0.256 e. The molecule has 0 aliphatic carbocycles. The van der Waals surface area contributed by atoms with Gasteiger partial charge in [-0.25, -0.2) is 0 Å². The molecule has 3 rings (SSSR count). The largest absolute Gasteiger partial charge is 0.492 e. The quantitative estimate of drug-likeness (QED) is 0.715. The minimum absolute atomic E-state index is 0.184. The van der Waals surface area contributed by atoms with Crippen LogP contribution in [0.2, 0.25) is 10.0 Å². The zero-order chi connectivity index (χ0) is 20.1. The Balaban J connectivity index is 1.54. The molecule has 5 nitrogen and oxygen atoms in total. The van der Waals surface area contributed by atoms with Crippen molar-refractivity contribution in [2.75, 3.05) is 19.7 Å². The third-order valence-electron chi connectivity index (χ3n) is 4.67. The lowest BCUT2D eigenvalue weighted by atomic mass is 10.1. The summed E-state index contributed by atoms with van der Waals surface area (Å²) in [7, 11) is 0. The zero-order valence-corrected chi connectivity index (χ0v) is 17.1. The predicted octanol–water partition coefficient (Wildman–Crippen LogP) is 4.10. The van der Waals surface area contributed by atoms with E-state index in [1.807, 2.05) is 31.2 Å². The van der Waals surface area contributed by atoms with Gasteiger partial charge in [-0.2, -0.15) is 0 Å². The van der Waals surface area contributed by atoms with Crippen molar-refractivity contribution in [1.29, 1.82) is 0 Å². The molecule has 7 heteroatoms. The van der Waals surface area contributed by atoms with Crippen LogP contribution in [0.15, 0.2) is 42.5 Å². The van der Waals surface area contributed by atoms with E-state index in [1.165, 1.54) is 6.07 Å². The number of rotatable bonds is 6. The highest BCUT2D eigenvalue weighted by Gasteiger charge is 2.35. The van der Waals surface area contributed by atoms with Gasteiger partial charge < -0.3 is 15.0 Å². The average molecular weight is 421 g/mol. The van der Waals surface area contributed by atoms with Gasteiger partial charge >= 0.3 is 0 Å². The van der Waals surface area contributed by atoms with Gasteiger partial charge in [0, 0.05) is 11.6 Å².